The van der Waals surface area contributed by atoms with E-state index < -0.39 is 36.5 Å². The molecule has 72 heavy (non-hydrogen) atoms. The Bertz CT molecular complexity index is 3320. The van der Waals surface area contributed by atoms with Crippen LogP contribution in [0.15, 0.2) is 146 Å². The Morgan fingerprint density at radius 1 is 0.444 bits per heavy atom. The monoisotopic (exact) mass is 1200 g/mol. The summed E-state index contributed by atoms with van der Waals surface area (Å²) in [6.07, 6.45) is 0. The Balaban J connectivity index is 0.00000253. The standard InChI is InChI=1S/C58H50F4GeN2O4.2CH3.Hf/c1-33(2)63(34(3)4,31-68-55-29-47(61)45(59)27-41(55)43-23-35(5)25-53(57(43)66)64-49-19-11-7-15-37(49)38-16-8-12-20-50(38)64)32-69-56-30-48(62)46(60)28-42(56)44-24-36(6)26-54(58(44)67)65-51-21-13-9-17-39(51)40-18-10-14-22-52(40)65;;;/h7-30,33-34,66-67H,31-32H2,1-6H3;2*1H3;/q;2*-1;/p+2. The molecule has 0 fully saturated rings. The van der Waals surface area contributed by atoms with Crippen molar-refractivity contribution >= 4 is 56.9 Å². The summed E-state index contributed by atoms with van der Waals surface area (Å²) < 4.78 is 76.1. The molecule has 2 aromatic heterocycles. The summed E-state index contributed by atoms with van der Waals surface area (Å²) in [5.41, 5.74) is 7.62. The largest absolute Gasteiger partial charge is 0.358 e. The maximum absolute atomic E-state index is 15.5. The predicted molar refractivity (Wildman–Crippen MR) is 287 cm³/mol. The molecule has 0 aliphatic heterocycles. The second kappa shape index (κ2) is 21.0. The number of aliphatic hydroxyl groups is 2. The van der Waals surface area contributed by atoms with Crippen LogP contribution in [0, 0.1) is 52.0 Å². The number of nitrogens with zero attached hydrogens (tertiary/aromatic N) is 2. The van der Waals surface area contributed by atoms with Crippen molar-refractivity contribution in [3.05, 3.63) is 195 Å². The summed E-state index contributed by atoms with van der Waals surface area (Å²) in [5, 5.41) is 28.5. The first-order valence-corrected chi connectivity index (χ1v) is 28.5. The number of aromatic hydroxyl groups is 4. The number of ether oxygens (including phenoxy) is 2. The van der Waals surface area contributed by atoms with Gasteiger partial charge in [0.25, 0.3) is 0 Å². The van der Waals surface area contributed by atoms with Crippen LogP contribution in [-0.2, 0) is 25.8 Å². The summed E-state index contributed by atoms with van der Waals surface area (Å²) in [6.45, 7) is 12.2. The van der Waals surface area contributed by atoms with Crippen molar-refractivity contribution in [3.8, 4) is 56.6 Å². The van der Waals surface area contributed by atoms with Crippen molar-refractivity contribution in [3.63, 3.8) is 0 Å². The molecule has 0 aliphatic rings. The molecular formula is C60H58F4GeHfN2O4. The number of rotatable bonds is 12. The zero-order chi connectivity index (χ0) is 48.5. The number of halogens is 4. The van der Waals surface area contributed by atoms with Gasteiger partial charge >= 0.3 is 402 Å². The Kier molecular flexibility index (Phi) is 15.6. The second-order valence-electron chi connectivity index (χ2n) is 18.8. The van der Waals surface area contributed by atoms with Crippen LogP contribution in [0.1, 0.15) is 38.8 Å². The molecule has 0 radical (unpaired) electrons. The Morgan fingerprint density at radius 2 is 0.736 bits per heavy atom. The predicted octanol–water partition coefficient (Wildman–Crippen LogP) is 16.2. The molecule has 0 amide bonds. The molecule has 368 valence electrons. The minimum absolute atomic E-state index is 0. The summed E-state index contributed by atoms with van der Waals surface area (Å²) in [4.78, 5) is 0. The number of phenolic OH excluding ortho intramolecular Hbond substituents is 2. The average molecular weight is 1200 g/mol. The van der Waals surface area contributed by atoms with E-state index in [9.17, 15) is 10.2 Å². The molecule has 4 N–H and O–H groups in total. The number of aromatic nitrogens is 2. The number of benzene rings is 8. The SMILES string of the molecule is Cc1cc(-c2cc(F)c(F)cc2[OH+][CH2][Ge]([CH2][OH+]c2cc(F)c(F)cc2-c2cc(C)cc(-n3c4ccccc4c4ccccc43)c2O)([CH](C)C)[CH](C)C)c(O)c(-n2c3ccccc3c3ccccc32)c1.[CH3-].[CH3-].[Hf]. The Morgan fingerprint density at radius 3 is 1.04 bits per heavy atom. The van der Waals surface area contributed by atoms with Gasteiger partial charge in [-0.3, -0.25) is 0 Å². The molecule has 0 atom stereocenters. The van der Waals surface area contributed by atoms with Crippen LogP contribution >= 0.6 is 0 Å². The van der Waals surface area contributed by atoms with Gasteiger partial charge in [0.05, 0.1) is 0 Å². The molecule has 0 aliphatic carbocycles. The molecule has 0 saturated carbocycles. The van der Waals surface area contributed by atoms with E-state index in [-0.39, 0.29) is 95.2 Å². The van der Waals surface area contributed by atoms with Gasteiger partial charge in [-0.05, 0) is 0 Å². The van der Waals surface area contributed by atoms with Gasteiger partial charge in [-0.25, -0.2) is 0 Å². The number of hydrogen-bond acceptors (Lipinski definition) is 2. The number of para-hydroxylation sites is 4. The van der Waals surface area contributed by atoms with E-state index in [0.717, 1.165) is 79.0 Å². The van der Waals surface area contributed by atoms with E-state index in [1.165, 1.54) is 0 Å². The third kappa shape index (κ3) is 9.12. The van der Waals surface area contributed by atoms with Gasteiger partial charge in [0.15, 0.2) is 0 Å². The molecular weight excluding hydrogens is 1140 g/mol. The first-order chi connectivity index (χ1) is 33.2. The fraction of sp³-hybridized carbons (Fsp3) is 0.167. The van der Waals surface area contributed by atoms with Gasteiger partial charge in [-0.1, -0.05) is 0 Å². The number of fused-ring (bicyclic) bond motifs is 6. The first kappa shape index (κ1) is 53.5. The van der Waals surface area contributed by atoms with Crippen LogP contribution in [0.2, 0.25) is 9.50 Å². The zero-order valence-corrected chi connectivity index (χ0v) is 47.3. The smallest absolute Gasteiger partial charge is 0 e. The topological polar surface area (TPSA) is 75.9 Å². The van der Waals surface area contributed by atoms with Gasteiger partial charge < -0.3 is 14.9 Å². The van der Waals surface area contributed by atoms with Gasteiger partial charge in [0.2, 0.25) is 0 Å². The molecule has 0 saturated heterocycles. The van der Waals surface area contributed by atoms with Crippen molar-refractivity contribution in [2.45, 2.75) is 51.0 Å². The molecule has 12 heteroatoms. The van der Waals surface area contributed by atoms with E-state index in [4.69, 9.17) is 9.47 Å². The third-order valence-corrected chi connectivity index (χ3v) is 26.9. The normalized spacial score (nSPS) is 11.6. The van der Waals surface area contributed by atoms with E-state index in [2.05, 4.69) is 27.7 Å². The van der Waals surface area contributed by atoms with Gasteiger partial charge in [-0.15, -0.1) is 0 Å². The van der Waals surface area contributed by atoms with Crippen LogP contribution in [-0.4, -0.2) is 53.0 Å². The quantitative estimate of drug-likeness (QED) is 0.0553. The zero-order valence-electron chi connectivity index (χ0n) is 41.6. The van der Waals surface area contributed by atoms with Crippen LogP contribution in [0.5, 0.6) is 23.0 Å². The fourth-order valence-corrected chi connectivity index (χ4v) is 18.3. The van der Waals surface area contributed by atoms with Crippen LogP contribution in [0.4, 0.5) is 17.6 Å². The molecule has 0 spiro atoms. The Hall–Kier alpha value is -6.31. The number of phenols is 2. The average Bonchev–Trinajstić information content (AvgIpc) is 3.85. The molecule has 0 unspecified atom stereocenters. The number of hydrogen-bond donors (Lipinski definition) is 2. The van der Waals surface area contributed by atoms with Gasteiger partial charge in [0, 0.05) is 25.8 Å². The van der Waals surface area contributed by atoms with Gasteiger partial charge in [0.1, 0.15) is 0 Å². The van der Waals surface area contributed by atoms with Crippen LogP contribution in [0.25, 0.3) is 77.2 Å². The van der Waals surface area contributed by atoms with Crippen LogP contribution in [0.3, 0.4) is 0 Å². The summed E-state index contributed by atoms with van der Waals surface area (Å²) >= 11 is -3.52. The molecule has 2 heterocycles. The summed E-state index contributed by atoms with van der Waals surface area (Å²) in [6, 6.07) is 43.3. The maximum atomic E-state index is 15.5. The molecule has 6 nitrogen and oxygen atoms in total. The van der Waals surface area contributed by atoms with Crippen molar-refractivity contribution < 1.29 is 63.1 Å². The van der Waals surface area contributed by atoms with Crippen molar-refractivity contribution in [1.82, 2.24) is 9.13 Å². The van der Waals surface area contributed by atoms with Crippen LogP contribution < -0.4 is 0 Å². The number of aryl methyl sites for hydroxylation is 2. The minimum Gasteiger partial charge on any atom is -0.358 e. The summed E-state index contributed by atoms with van der Waals surface area (Å²) in [7, 11) is 0. The third-order valence-electron chi connectivity index (χ3n) is 14.2. The minimum atomic E-state index is -3.52. The first-order valence-electron chi connectivity index (χ1n) is 23.1. The molecule has 10 rings (SSSR count). The second-order valence-corrected chi connectivity index (χ2v) is 30.2. The van der Waals surface area contributed by atoms with Crippen molar-refractivity contribution in [2.75, 3.05) is 10.9 Å². The van der Waals surface area contributed by atoms with E-state index in [0.29, 0.717) is 22.5 Å². The molecule has 0 bridgehead atoms. The summed E-state index contributed by atoms with van der Waals surface area (Å²) in [5.74, 6) is -4.18. The van der Waals surface area contributed by atoms with E-state index >= 15 is 17.6 Å². The molecule has 10 aromatic rings. The Labute approximate surface area is 439 Å². The fourth-order valence-electron chi connectivity index (χ4n) is 10.3. The van der Waals surface area contributed by atoms with E-state index in [1.807, 2.05) is 132 Å². The molecule has 8 aromatic carbocycles. The van der Waals surface area contributed by atoms with E-state index in [1.54, 1.807) is 12.1 Å². The van der Waals surface area contributed by atoms with Gasteiger partial charge in [-0.2, -0.15) is 0 Å². The van der Waals surface area contributed by atoms with Crippen molar-refractivity contribution in [2.24, 2.45) is 0 Å². The van der Waals surface area contributed by atoms with Crippen molar-refractivity contribution in [1.29, 1.82) is 0 Å². The maximum Gasteiger partial charge on any atom is 0 e.